The summed E-state index contributed by atoms with van der Waals surface area (Å²) < 4.78 is 5.87. The van der Waals surface area contributed by atoms with Crippen molar-refractivity contribution in [3.05, 3.63) is 60.2 Å². The van der Waals surface area contributed by atoms with Crippen LogP contribution in [0.25, 0.3) is 0 Å². The van der Waals surface area contributed by atoms with Gasteiger partial charge in [-0.15, -0.1) is 0 Å². The number of nitrogens with one attached hydrogen (secondary N) is 1. The molecule has 0 saturated heterocycles. The van der Waals surface area contributed by atoms with Crippen LogP contribution < -0.4 is 15.8 Å². The van der Waals surface area contributed by atoms with Crippen molar-refractivity contribution >= 4 is 5.69 Å². The summed E-state index contributed by atoms with van der Waals surface area (Å²) in [7, 11) is 4.28. The zero-order chi connectivity index (χ0) is 17.7. The largest absolute Gasteiger partial charge is 0.489 e. The standard InChI is InChI=1S/C21H29N3O/c1-24(2)21(14-12-18(22)13-15-21)23-19-8-10-20(11-9-19)25-16-17-6-4-3-5-7-17/h3-11,18,23H,12-16,22H2,1-2H3. The van der Waals surface area contributed by atoms with E-state index in [0.717, 1.165) is 37.1 Å². The van der Waals surface area contributed by atoms with E-state index in [9.17, 15) is 0 Å². The minimum Gasteiger partial charge on any atom is -0.489 e. The van der Waals surface area contributed by atoms with E-state index in [2.05, 4.69) is 48.6 Å². The molecule has 1 aliphatic rings. The van der Waals surface area contributed by atoms with Gasteiger partial charge < -0.3 is 15.8 Å². The molecule has 0 heterocycles. The van der Waals surface area contributed by atoms with Crippen LogP contribution in [0.2, 0.25) is 0 Å². The molecular formula is C21H29N3O. The molecule has 4 nitrogen and oxygen atoms in total. The maximum atomic E-state index is 6.09. The molecule has 4 heteroatoms. The number of hydrogen-bond acceptors (Lipinski definition) is 4. The van der Waals surface area contributed by atoms with Gasteiger partial charge in [-0.2, -0.15) is 0 Å². The van der Waals surface area contributed by atoms with E-state index >= 15 is 0 Å². The zero-order valence-corrected chi connectivity index (χ0v) is 15.2. The van der Waals surface area contributed by atoms with Gasteiger partial charge in [0.05, 0.1) is 5.66 Å². The lowest BCUT2D eigenvalue weighted by atomic mass is 9.85. The van der Waals surface area contributed by atoms with Gasteiger partial charge in [-0.25, -0.2) is 0 Å². The molecule has 2 aromatic rings. The average molecular weight is 339 g/mol. The highest BCUT2D eigenvalue weighted by Crippen LogP contribution is 2.33. The topological polar surface area (TPSA) is 50.5 Å². The van der Waals surface area contributed by atoms with Crippen molar-refractivity contribution < 1.29 is 4.74 Å². The third kappa shape index (κ3) is 4.53. The second kappa shape index (κ2) is 7.89. The van der Waals surface area contributed by atoms with Gasteiger partial charge >= 0.3 is 0 Å². The van der Waals surface area contributed by atoms with Crippen molar-refractivity contribution in [1.29, 1.82) is 0 Å². The highest BCUT2D eigenvalue weighted by atomic mass is 16.5. The fourth-order valence-electron chi connectivity index (χ4n) is 3.45. The van der Waals surface area contributed by atoms with Gasteiger partial charge in [0.25, 0.3) is 0 Å². The maximum Gasteiger partial charge on any atom is 0.119 e. The summed E-state index contributed by atoms with van der Waals surface area (Å²) in [4.78, 5) is 2.29. The van der Waals surface area contributed by atoms with Crippen LogP contribution in [0.4, 0.5) is 5.69 Å². The molecule has 0 spiro atoms. The second-order valence-corrected chi connectivity index (χ2v) is 7.19. The Kier molecular flexibility index (Phi) is 5.61. The Balaban J connectivity index is 1.61. The SMILES string of the molecule is CN(C)C1(Nc2ccc(OCc3ccccc3)cc2)CCC(N)CC1. The van der Waals surface area contributed by atoms with E-state index in [1.54, 1.807) is 0 Å². The third-order valence-corrected chi connectivity index (χ3v) is 5.19. The van der Waals surface area contributed by atoms with Crippen molar-refractivity contribution in [2.24, 2.45) is 5.73 Å². The summed E-state index contributed by atoms with van der Waals surface area (Å²) in [5.74, 6) is 0.888. The molecule has 0 atom stereocenters. The maximum absolute atomic E-state index is 6.09. The second-order valence-electron chi connectivity index (χ2n) is 7.19. The van der Waals surface area contributed by atoms with E-state index in [-0.39, 0.29) is 5.66 Å². The lowest BCUT2D eigenvalue weighted by molar-refractivity contribution is 0.122. The average Bonchev–Trinajstić information content (AvgIpc) is 2.64. The lowest BCUT2D eigenvalue weighted by Gasteiger charge is -2.45. The van der Waals surface area contributed by atoms with Gasteiger partial charge in [0, 0.05) is 11.7 Å². The number of benzene rings is 2. The van der Waals surface area contributed by atoms with E-state index in [0.29, 0.717) is 12.6 Å². The van der Waals surface area contributed by atoms with Crippen molar-refractivity contribution in [3.63, 3.8) is 0 Å². The zero-order valence-electron chi connectivity index (χ0n) is 15.2. The van der Waals surface area contributed by atoms with E-state index in [4.69, 9.17) is 10.5 Å². The lowest BCUT2D eigenvalue weighted by Crippen LogP contribution is -2.54. The molecule has 0 aromatic heterocycles. The molecule has 25 heavy (non-hydrogen) atoms. The number of ether oxygens (including phenoxy) is 1. The first-order chi connectivity index (χ1) is 12.1. The number of anilines is 1. The molecule has 0 unspecified atom stereocenters. The first kappa shape index (κ1) is 17.8. The van der Waals surface area contributed by atoms with Gasteiger partial charge in [0.1, 0.15) is 12.4 Å². The molecule has 0 aliphatic heterocycles. The molecule has 1 aliphatic carbocycles. The van der Waals surface area contributed by atoms with Crippen LogP contribution in [0.3, 0.4) is 0 Å². The van der Waals surface area contributed by atoms with Crippen LogP contribution in [0.15, 0.2) is 54.6 Å². The molecule has 0 amide bonds. The molecule has 1 fully saturated rings. The van der Waals surface area contributed by atoms with E-state index in [1.807, 2.05) is 30.3 Å². The predicted octanol–water partition coefficient (Wildman–Crippen LogP) is 3.84. The van der Waals surface area contributed by atoms with Crippen molar-refractivity contribution in [2.75, 3.05) is 19.4 Å². The molecular weight excluding hydrogens is 310 g/mol. The van der Waals surface area contributed by atoms with Crippen molar-refractivity contribution in [3.8, 4) is 5.75 Å². The minimum atomic E-state index is -0.0116. The van der Waals surface area contributed by atoms with Gasteiger partial charge in [0.2, 0.25) is 0 Å². The number of rotatable bonds is 6. The number of nitrogens with two attached hydrogens (primary N) is 1. The molecule has 0 bridgehead atoms. The molecule has 2 aromatic carbocycles. The van der Waals surface area contributed by atoms with Crippen LogP contribution in [-0.4, -0.2) is 30.7 Å². The van der Waals surface area contributed by atoms with Gasteiger partial charge in [-0.1, -0.05) is 30.3 Å². The smallest absolute Gasteiger partial charge is 0.119 e. The van der Waals surface area contributed by atoms with Crippen LogP contribution in [-0.2, 0) is 6.61 Å². The fourth-order valence-corrected chi connectivity index (χ4v) is 3.45. The molecule has 3 N–H and O–H groups in total. The quantitative estimate of drug-likeness (QED) is 0.785. The van der Waals surface area contributed by atoms with E-state index in [1.165, 1.54) is 5.56 Å². The Labute approximate surface area is 151 Å². The first-order valence-electron chi connectivity index (χ1n) is 9.05. The Hall–Kier alpha value is -2.04. The Morgan fingerprint density at radius 1 is 1.04 bits per heavy atom. The summed E-state index contributed by atoms with van der Waals surface area (Å²) >= 11 is 0. The number of nitrogens with zero attached hydrogens (tertiary/aromatic N) is 1. The van der Waals surface area contributed by atoms with Crippen LogP contribution >= 0.6 is 0 Å². The van der Waals surface area contributed by atoms with Crippen LogP contribution in [0.5, 0.6) is 5.75 Å². The van der Waals surface area contributed by atoms with Gasteiger partial charge in [0.15, 0.2) is 0 Å². The van der Waals surface area contributed by atoms with Crippen molar-refractivity contribution in [1.82, 2.24) is 4.90 Å². The third-order valence-electron chi connectivity index (χ3n) is 5.19. The molecule has 3 rings (SSSR count). The van der Waals surface area contributed by atoms with Crippen molar-refractivity contribution in [2.45, 2.75) is 44.0 Å². The summed E-state index contributed by atoms with van der Waals surface area (Å²) in [6.45, 7) is 0.590. The Morgan fingerprint density at radius 3 is 2.28 bits per heavy atom. The normalized spacial score (nSPS) is 23.4. The summed E-state index contributed by atoms with van der Waals surface area (Å²) in [5.41, 5.74) is 8.37. The molecule has 134 valence electrons. The molecule has 0 radical (unpaired) electrons. The Bertz CT molecular complexity index is 647. The predicted molar refractivity (Wildman–Crippen MR) is 104 cm³/mol. The summed E-state index contributed by atoms with van der Waals surface area (Å²) in [5, 5.41) is 3.73. The van der Waals surface area contributed by atoms with Gasteiger partial charge in [-0.3, -0.25) is 4.90 Å². The first-order valence-corrected chi connectivity index (χ1v) is 9.05. The number of hydrogen-bond donors (Lipinski definition) is 2. The van der Waals surface area contributed by atoms with E-state index < -0.39 is 0 Å². The summed E-state index contributed by atoms with van der Waals surface area (Å²) in [6, 6.07) is 18.8. The fraction of sp³-hybridized carbons (Fsp3) is 0.429. The van der Waals surface area contributed by atoms with Crippen LogP contribution in [0, 0.1) is 0 Å². The summed E-state index contributed by atoms with van der Waals surface area (Å²) in [6.07, 6.45) is 4.24. The van der Waals surface area contributed by atoms with Crippen LogP contribution in [0.1, 0.15) is 31.2 Å². The molecule has 1 saturated carbocycles. The minimum absolute atomic E-state index is 0.0116. The van der Waals surface area contributed by atoms with Gasteiger partial charge in [-0.05, 0) is 69.6 Å². The monoisotopic (exact) mass is 339 g/mol. The Morgan fingerprint density at radius 2 is 1.68 bits per heavy atom. The highest BCUT2D eigenvalue weighted by molar-refractivity contribution is 5.48. The highest BCUT2D eigenvalue weighted by Gasteiger charge is 2.36.